The molecule has 248 valence electrons. The second-order valence-electron chi connectivity index (χ2n) is 13.4. The van der Waals surface area contributed by atoms with Crippen molar-refractivity contribution in [2.45, 2.75) is 89.1 Å². The number of hydrogen-bond donors (Lipinski definition) is 2. The summed E-state index contributed by atoms with van der Waals surface area (Å²) in [6.07, 6.45) is 5.21. The van der Waals surface area contributed by atoms with E-state index in [4.69, 9.17) is 0 Å². The normalized spacial score (nSPS) is 23.1. The number of fused-ring (bicyclic) bond motifs is 2. The number of nitrogens with zero attached hydrogens (tertiary/aromatic N) is 3. The van der Waals surface area contributed by atoms with Gasteiger partial charge in [-0.15, -0.1) is 0 Å². The zero-order chi connectivity index (χ0) is 33.1. The van der Waals surface area contributed by atoms with Gasteiger partial charge in [0.05, 0.1) is 12.6 Å². The van der Waals surface area contributed by atoms with Crippen LogP contribution in [-0.2, 0) is 32.0 Å². The molecule has 0 radical (unpaired) electrons. The zero-order valence-corrected chi connectivity index (χ0v) is 27.7. The van der Waals surface area contributed by atoms with Gasteiger partial charge in [-0.05, 0) is 68.0 Å². The number of nitrogens with one attached hydrogen (secondary N) is 2. The number of benzene rings is 3. The average molecular weight is 638 g/mol. The summed E-state index contributed by atoms with van der Waals surface area (Å²) in [7, 11) is 1.72. The Balaban J connectivity index is 1.35. The average Bonchev–Trinajstić information content (AvgIpc) is 3.36. The van der Waals surface area contributed by atoms with Gasteiger partial charge in [-0.3, -0.25) is 19.2 Å². The maximum atomic E-state index is 14.7. The number of carbonyl (C=O) groups excluding carboxylic acids is 4. The van der Waals surface area contributed by atoms with Gasteiger partial charge in [-0.2, -0.15) is 0 Å². The lowest BCUT2D eigenvalue weighted by Gasteiger charge is -2.45. The molecule has 2 aliphatic heterocycles. The van der Waals surface area contributed by atoms with Crippen LogP contribution in [0.2, 0.25) is 0 Å². The first kappa shape index (κ1) is 32.7. The first-order valence-electron chi connectivity index (χ1n) is 17.2. The Labute approximate surface area is 277 Å². The van der Waals surface area contributed by atoms with Crippen molar-refractivity contribution in [1.82, 2.24) is 25.3 Å². The molecule has 0 unspecified atom stereocenters. The van der Waals surface area contributed by atoms with Gasteiger partial charge in [0, 0.05) is 13.0 Å². The predicted octanol–water partition coefficient (Wildman–Crippen LogP) is 3.89. The third-order valence-corrected chi connectivity index (χ3v) is 10.6. The number of amides is 4. The van der Waals surface area contributed by atoms with Crippen molar-refractivity contribution < 1.29 is 19.2 Å². The Hall–Kier alpha value is -4.24. The lowest BCUT2D eigenvalue weighted by atomic mass is 9.83. The van der Waals surface area contributed by atoms with Crippen molar-refractivity contribution in [1.29, 1.82) is 0 Å². The second-order valence-corrected chi connectivity index (χ2v) is 13.4. The van der Waals surface area contributed by atoms with E-state index in [-0.39, 0.29) is 36.1 Å². The van der Waals surface area contributed by atoms with E-state index >= 15 is 0 Å². The third kappa shape index (κ3) is 6.63. The second kappa shape index (κ2) is 14.3. The lowest BCUT2D eigenvalue weighted by Crippen LogP contribution is -2.66. The largest absolute Gasteiger partial charge is 0.343 e. The fourth-order valence-electron chi connectivity index (χ4n) is 7.76. The van der Waals surface area contributed by atoms with Crippen molar-refractivity contribution in [3.8, 4) is 0 Å². The summed E-state index contributed by atoms with van der Waals surface area (Å²) >= 11 is 0. The number of carbonyl (C=O) groups is 4. The van der Waals surface area contributed by atoms with Gasteiger partial charge in [0.25, 0.3) is 0 Å². The Morgan fingerprint density at radius 2 is 1.60 bits per heavy atom. The van der Waals surface area contributed by atoms with Crippen LogP contribution in [0.3, 0.4) is 0 Å². The molecule has 4 amide bonds. The molecule has 1 saturated carbocycles. The van der Waals surface area contributed by atoms with Crippen LogP contribution in [0.25, 0.3) is 10.8 Å². The van der Waals surface area contributed by atoms with Gasteiger partial charge in [0.15, 0.2) is 0 Å². The summed E-state index contributed by atoms with van der Waals surface area (Å²) in [4.78, 5) is 61.7. The van der Waals surface area contributed by atoms with Crippen molar-refractivity contribution in [2.75, 3.05) is 20.1 Å². The summed E-state index contributed by atoms with van der Waals surface area (Å²) in [5.74, 6) is -0.792. The van der Waals surface area contributed by atoms with E-state index < -0.39 is 30.3 Å². The number of likely N-dealkylation sites (N-methyl/N-ethyl adjacent to an activating group) is 1. The van der Waals surface area contributed by atoms with Crippen LogP contribution in [0.1, 0.15) is 57.1 Å². The van der Waals surface area contributed by atoms with Gasteiger partial charge in [-0.25, -0.2) is 0 Å². The topological polar surface area (TPSA) is 102 Å². The van der Waals surface area contributed by atoms with Crippen molar-refractivity contribution >= 4 is 34.4 Å². The van der Waals surface area contributed by atoms with Gasteiger partial charge < -0.3 is 25.3 Å². The van der Waals surface area contributed by atoms with Gasteiger partial charge >= 0.3 is 0 Å². The number of hydrogen-bond acceptors (Lipinski definition) is 5. The number of piperazine rings is 1. The molecule has 47 heavy (non-hydrogen) atoms. The SMILES string of the molecule is CN[C@@H](C)C(=O)N[C@H](C(=O)N1[C@H]2CN(CCc3ccccc3)C(=O)[C@H](Cc3cccc4ccccc34)N2C(=O)[C@@H]1C)C1CCCCC1. The molecule has 0 aromatic heterocycles. The highest BCUT2D eigenvalue weighted by Gasteiger charge is 2.56. The molecule has 3 aromatic rings. The molecule has 5 atom stereocenters. The molecule has 3 fully saturated rings. The zero-order valence-electron chi connectivity index (χ0n) is 27.7. The van der Waals surface area contributed by atoms with Crippen molar-refractivity contribution in [2.24, 2.45) is 5.92 Å². The lowest BCUT2D eigenvalue weighted by molar-refractivity contribution is -0.156. The fraction of sp³-hybridized carbons (Fsp3) is 0.474. The third-order valence-electron chi connectivity index (χ3n) is 10.6. The maximum Gasteiger partial charge on any atom is 0.247 e. The van der Waals surface area contributed by atoms with Crippen LogP contribution in [-0.4, -0.2) is 88.8 Å². The van der Waals surface area contributed by atoms with Crippen LogP contribution < -0.4 is 10.6 Å². The Morgan fingerprint density at radius 1 is 0.894 bits per heavy atom. The first-order valence-corrected chi connectivity index (χ1v) is 17.2. The highest BCUT2D eigenvalue weighted by Crippen LogP contribution is 2.35. The molecule has 2 N–H and O–H groups in total. The summed E-state index contributed by atoms with van der Waals surface area (Å²) in [5, 5.41) is 8.18. The highest BCUT2D eigenvalue weighted by molar-refractivity contribution is 5.99. The molecule has 2 heterocycles. The molecule has 2 saturated heterocycles. The van der Waals surface area contributed by atoms with Crippen LogP contribution in [0.4, 0.5) is 0 Å². The first-order chi connectivity index (χ1) is 22.8. The van der Waals surface area contributed by atoms with E-state index in [0.717, 1.165) is 54.0 Å². The van der Waals surface area contributed by atoms with E-state index in [1.54, 1.807) is 30.7 Å². The molecule has 3 aromatic carbocycles. The van der Waals surface area contributed by atoms with E-state index in [0.29, 0.717) is 19.4 Å². The minimum absolute atomic E-state index is 0.00788. The van der Waals surface area contributed by atoms with E-state index in [2.05, 4.69) is 41.0 Å². The monoisotopic (exact) mass is 637 g/mol. The van der Waals surface area contributed by atoms with E-state index in [1.165, 1.54) is 0 Å². The van der Waals surface area contributed by atoms with Gasteiger partial charge in [0.2, 0.25) is 23.6 Å². The summed E-state index contributed by atoms with van der Waals surface area (Å²) in [6.45, 7) is 4.25. The van der Waals surface area contributed by atoms with Gasteiger partial charge in [0.1, 0.15) is 24.3 Å². The van der Waals surface area contributed by atoms with E-state index in [1.807, 2.05) is 47.4 Å². The molecular formula is C38H47N5O4. The molecule has 3 aliphatic rings. The quantitative estimate of drug-likeness (QED) is 0.351. The molecule has 1 aliphatic carbocycles. The Kier molecular flexibility index (Phi) is 9.92. The van der Waals surface area contributed by atoms with E-state index in [9.17, 15) is 19.2 Å². The standard InChI is InChI=1S/C38H47N5O4/c1-25(39-3)35(44)40-34(29-16-8-5-9-17-29)38(47)42-26(2)36(45)43-32(23-30-19-12-18-28-15-10-11-20-31(28)30)37(46)41(24-33(42)43)22-21-27-13-6-4-7-14-27/h4,6-7,10-15,18-20,25-26,29,32-34,39H,5,8-9,16-17,21-24H2,1-3H3,(H,40,44)/t25-,26-,32-,33+,34-/m0/s1. The Bertz CT molecular complexity index is 1600. The van der Waals surface area contributed by atoms with Crippen LogP contribution in [0.15, 0.2) is 72.8 Å². The smallest absolute Gasteiger partial charge is 0.247 e. The minimum Gasteiger partial charge on any atom is -0.343 e. The summed E-state index contributed by atoms with van der Waals surface area (Å²) < 4.78 is 0. The van der Waals surface area contributed by atoms with Crippen LogP contribution in [0.5, 0.6) is 0 Å². The molecule has 9 heteroatoms. The predicted molar refractivity (Wildman–Crippen MR) is 182 cm³/mol. The van der Waals surface area contributed by atoms with Crippen molar-refractivity contribution in [3.63, 3.8) is 0 Å². The number of rotatable bonds is 10. The van der Waals surface area contributed by atoms with Gasteiger partial charge in [-0.1, -0.05) is 92.1 Å². The Morgan fingerprint density at radius 3 is 2.34 bits per heavy atom. The maximum absolute atomic E-state index is 14.7. The molecule has 9 nitrogen and oxygen atoms in total. The van der Waals surface area contributed by atoms with Crippen LogP contribution in [0, 0.1) is 5.92 Å². The highest BCUT2D eigenvalue weighted by atomic mass is 16.2. The molecule has 0 spiro atoms. The molecule has 6 rings (SSSR count). The van der Waals surface area contributed by atoms with Crippen LogP contribution >= 0.6 is 0 Å². The summed E-state index contributed by atoms with van der Waals surface area (Å²) in [5.41, 5.74) is 2.11. The minimum atomic E-state index is -0.755. The van der Waals surface area contributed by atoms with Crippen molar-refractivity contribution in [3.05, 3.63) is 83.9 Å². The molecular weight excluding hydrogens is 590 g/mol. The molecule has 0 bridgehead atoms. The summed E-state index contributed by atoms with van der Waals surface area (Å²) in [6, 6.07) is 21.5. The fourth-order valence-corrected chi connectivity index (χ4v) is 7.76.